The van der Waals surface area contributed by atoms with Gasteiger partial charge in [0.25, 0.3) is 0 Å². The Morgan fingerprint density at radius 3 is 2.88 bits per heavy atom. The van der Waals surface area contributed by atoms with Crippen LogP contribution in [0.1, 0.15) is 12.5 Å². The van der Waals surface area contributed by atoms with Gasteiger partial charge in [-0.05, 0) is 38.1 Å². The van der Waals surface area contributed by atoms with Gasteiger partial charge in [-0.2, -0.15) is 0 Å². The first-order chi connectivity index (χ1) is 8.15. The molecule has 0 fully saturated rings. The van der Waals surface area contributed by atoms with E-state index in [1.54, 1.807) is 0 Å². The molecule has 4 nitrogen and oxygen atoms in total. The monoisotopic (exact) mass is 236 g/mol. The summed E-state index contributed by atoms with van der Waals surface area (Å²) in [6.45, 7) is 4.28. The Bertz CT molecular complexity index is 380. The first-order valence-corrected chi connectivity index (χ1v) is 5.98. The highest BCUT2D eigenvalue weighted by Gasteiger charge is 2.13. The molecule has 0 bridgehead atoms. The van der Waals surface area contributed by atoms with E-state index in [1.807, 2.05) is 13.0 Å². The van der Waals surface area contributed by atoms with Crippen LogP contribution >= 0.6 is 0 Å². The van der Waals surface area contributed by atoms with Gasteiger partial charge in [-0.1, -0.05) is 6.07 Å². The van der Waals surface area contributed by atoms with Crippen molar-refractivity contribution in [2.45, 2.75) is 19.4 Å². The zero-order valence-corrected chi connectivity index (χ0v) is 10.5. The fourth-order valence-electron chi connectivity index (χ4n) is 2.00. The van der Waals surface area contributed by atoms with Crippen LogP contribution in [0.5, 0.6) is 11.5 Å². The van der Waals surface area contributed by atoms with E-state index in [4.69, 9.17) is 15.2 Å². The van der Waals surface area contributed by atoms with Crippen molar-refractivity contribution in [1.29, 1.82) is 0 Å². The van der Waals surface area contributed by atoms with Gasteiger partial charge in [0.05, 0.1) is 0 Å². The number of fused-ring (bicyclic) bond motifs is 1. The van der Waals surface area contributed by atoms with E-state index in [0.29, 0.717) is 6.79 Å². The fourth-order valence-corrected chi connectivity index (χ4v) is 2.00. The summed E-state index contributed by atoms with van der Waals surface area (Å²) < 4.78 is 10.6. The van der Waals surface area contributed by atoms with Crippen LogP contribution in [0.3, 0.4) is 0 Å². The van der Waals surface area contributed by atoms with Crippen molar-refractivity contribution >= 4 is 0 Å². The summed E-state index contributed by atoms with van der Waals surface area (Å²) in [7, 11) is 2.09. The molecule has 1 aromatic rings. The van der Waals surface area contributed by atoms with Gasteiger partial charge in [0.15, 0.2) is 11.5 Å². The molecule has 1 heterocycles. The fraction of sp³-hybridized carbons (Fsp3) is 0.538. The topological polar surface area (TPSA) is 47.7 Å². The number of hydrogen-bond acceptors (Lipinski definition) is 4. The Kier molecular flexibility index (Phi) is 3.86. The largest absolute Gasteiger partial charge is 0.454 e. The van der Waals surface area contributed by atoms with Crippen molar-refractivity contribution in [2.24, 2.45) is 5.73 Å². The molecule has 1 atom stereocenters. The summed E-state index contributed by atoms with van der Waals surface area (Å²) in [6.07, 6.45) is 1.000. The number of ether oxygens (including phenoxy) is 2. The number of nitrogens with zero attached hydrogens (tertiary/aromatic N) is 1. The minimum absolute atomic E-state index is 0.219. The Morgan fingerprint density at radius 2 is 2.12 bits per heavy atom. The summed E-state index contributed by atoms with van der Waals surface area (Å²) in [5.41, 5.74) is 7.03. The molecule has 0 saturated heterocycles. The summed E-state index contributed by atoms with van der Waals surface area (Å²) in [4.78, 5) is 2.25. The van der Waals surface area contributed by atoms with Crippen LogP contribution in [0, 0.1) is 0 Å². The molecule has 0 aliphatic carbocycles. The smallest absolute Gasteiger partial charge is 0.231 e. The Labute approximate surface area is 102 Å². The van der Waals surface area contributed by atoms with Crippen molar-refractivity contribution in [1.82, 2.24) is 4.90 Å². The van der Waals surface area contributed by atoms with Crippen LogP contribution in [-0.4, -0.2) is 37.9 Å². The van der Waals surface area contributed by atoms with Crippen LogP contribution in [0.25, 0.3) is 0 Å². The maximum absolute atomic E-state index is 5.76. The average Bonchev–Trinajstić information content (AvgIpc) is 2.72. The van der Waals surface area contributed by atoms with Crippen LogP contribution in [0.4, 0.5) is 0 Å². The molecular formula is C13H20N2O2. The second kappa shape index (κ2) is 5.38. The van der Waals surface area contributed by atoms with Crippen LogP contribution in [-0.2, 0) is 6.42 Å². The predicted molar refractivity (Wildman–Crippen MR) is 67.4 cm³/mol. The molecule has 0 aromatic heterocycles. The molecule has 1 unspecified atom stereocenters. The molecule has 0 spiro atoms. The van der Waals surface area contributed by atoms with Crippen molar-refractivity contribution in [3.05, 3.63) is 23.8 Å². The number of hydrogen-bond donors (Lipinski definition) is 1. The van der Waals surface area contributed by atoms with Gasteiger partial charge in [0, 0.05) is 19.1 Å². The molecule has 0 radical (unpaired) electrons. The maximum atomic E-state index is 5.76. The SMILES string of the molecule is CC(N)CN(C)CCc1ccc2c(c1)OCO2. The molecule has 0 saturated carbocycles. The lowest BCUT2D eigenvalue weighted by atomic mass is 10.1. The molecule has 1 aliphatic rings. The standard InChI is InChI=1S/C13H20N2O2/c1-10(14)8-15(2)6-5-11-3-4-12-13(7-11)17-9-16-12/h3-4,7,10H,5-6,8-9,14H2,1-2H3. The summed E-state index contributed by atoms with van der Waals surface area (Å²) in [5.74, 6) is 1.70. The van der Waals surface area contributed by atoms with Gasteiger partial charge >= 0.3 is 0 Å². The molecule has 2 rings (SSSR count). The van der Waals surface area contributed by atoms with Gasteiger partial charge < -0.3 is 20.1 Å². The van der Waals surface area contributed by atoms with E-state index in [2.05, 4.69) is 24.1 Å². The number of nitrogens with two attached hydrogens (primary N) is 1. The van der Waals surface area contributed by atoms with Crippen molar-refractivity contribution in [2.75, 3.05) is 26.9 Å². The van der Waals surface area contributed by atoms with Crippen LogP contribution in [0.15, 0.2) is 18.2 Å². The predicted octanol–water partition coefficient (Wildman–Crippen LogP) is 1.24. The van der Waals surface area contributed by atoms with Gasteiger partial charge in [-0.3, -0.25) is 0 Å². The second-order valence-corrected chi connectivity index (χ2v) is 4.68. The highest BCUT2D eigenvalue weighted by atomic mass is 16.7. The minimum Gasteiger partial charge on any atom is -0.454 e. The average molecular weight is 236 g/mol. The molecule has 1 aliphatic heterocycles. The van der Waals surface area contributed by atoms with Gasteiger partial charge in [0.2, 0.25) is 6.79 Å². The van der Waals surface area contributed by atoms with E-state index in [9.17, 15) is 0 Å². The molecule has 0 amide bonds. The van der Waals surface area contributed by atoms with Crippen molar-refractivity contribution in [3.63, 3.8) is 0 Å². The highest BCUT2D eigenvalue weighted by Crippen LogP contribution is 2.32. The van der Waals surface area contributed by atoms with Crippen LogP contribution in [0.2, 0.25) is 0 Å². The zero-order chi connectivity index (χ0) is 12.3. The quantitative estimate of drug-likeness (QED) is 0.835. The summed E-state index contributed by atoms with van der Waals surface area (Å²) in [5, 5.41) is 0. The van der Waals surface area contributed by atoms with Crippen LogP contribution < -0.4 is 15.2 Å². The highest BCUT2D eigenvalue weighted by molar-refractivity contribution is 5.44. The Balaban J connectivity index is 1.87. The molecular weight excluding hydrogens is 216 g/mol. The zero-order valence-electron chi connectivity index (χ0n) is 10.5. The third kappa shape index (κ3) is 3.35. The molecule has 2 N–H and O–H groups in total. The molecule has 94 valence electrons. The summed E-state index contributed by atoms with van der Waals surface area (Å²) >= 11 is 0. The molecule has 17 heavy (non-hydrogen) atoms. The molecule has 4 heteroatoms. The minimum atomic E-state index is 0.219. The number of likely N-dealkylation sites (N-methyl/N-ethyl adjacent to an activating group) is 1. The molecule has 1 aromatic carbocycles. The maximum Gasteiger partial charge on any atom is 0.231 e. The third-order valence-corrected chi connectivity index (χ3v) is 2.82. The van der Waals surface area contributed by atoms with E-state index < -0.39 is 0 Å². The number of benzene rings is 1. The van der Waals surface area contributed by atoms with E-state index >= 15 is 0 Å². The van der Waals surface area contributed by atoms with Crippen molar-refractivity contribution < 1.29 is 9.47 Å². The normalized spacial score (nSPS) is 15.3. The lowest BCUT2D eigenvalue weighted by Crippen LogP contribution is -2.34. The lowest BCUT2D eigenvalue weighted by molar-refractivity contribution is 0.174. The Hall–Kier alpha value is -1.26. The van der Waals surface area contributed by atoms with Gasteiger partial charge in [-0.15, -0.1) is 0 Å². The first-order valence-electron chi connectivity index (χ1n) is 5.98. The third-order valence-electron chi connectivity index (χ3n) is 2.82. The second-order valence-electron chi connectivity index (χ2n) is 4.68. The Morgan fingerprint density at radius 1 is 1.35 bits per heavy atom. The number of rotatable bonds is 5. The van der Waals surface area contributed by atoms with Gasteiger partial charge in [0.1, 0.15) is 0 Å². The lowest BCUT2D eigenvalue weighted by Gasteiger charge is -2.18. The van der Waals surface area contributed by atoms with E-state index in [1.165, 1.54) is 5.56 Å². The van der Waals surface area contributed by atoms with Gasteiger partial charge in [-0.25, -0.2) is 0 Å². The van der Waals surface area contributed by atoms with Crippen molar-refractivity contribution in [3.8, 4) is 11.5 Å². The van der Waals surface area contributed by atoms with E-state index in [-0.39, 0.29) is 6.04 Å². The summed E-state index contributed by atoms with van der Waals surface area (Å²) in [6, 6.07) is 6.34. The van der Waals surface area contributed by atoms with E-state index in [0.717, 1.165) is 31.0 Å². The first kappa shape index (κ1) is 12.2.